The summed E-state index contributed by atoms with van der Waals surface area (Å²) in [4.78, 5) is 0. The van der Waals surface area contributed by atoms with Gasteiger partial charge in [0.2, 0.25) is 0 Å². The number of ether oxygens (including phenoxy) is 1. The summed E-state index contributed by atoms with van der Waals surface area (Å²) < 4.78 is 5.19. The van der Waals surface area contributed by atoms with Gasteiger partial charge in [0.05, 0.1) is 7.11 Å². The van der Waals surface area contributed by atoms with Crippen LogP contribution in [0.1, 0.15) is 23.1 Å². The number of aliphatic hydroxyl groups is 1. The smallest absolute Gasteiger partial charge is 0.119 e. The molecule has 0 bridgehead atoms. The first-order valence-corrected chi connectivity index (χ1v) is 4.94. The van der Waals surface area contributed by atoms with Crippen molar-refractivity contribution in [3.05, 3.63) is 28.8 Å². The highest BCUT2D eigenvalue weighted by Crippen LogP contribution is 2.22. The van der Waals surface area contributed by atoms with Crippen LogP contribution in [-0.4, -0.2) is 18.8 Å². The van der Waals surface area contributed by atoms with E-state index < -0.39 is 0 Å². The van der Waals surface area contributed by atoms with Crippen LogP contribution in [0, 0.1) is 13.8 Å². The number of hydrogen-bond donors (Lipinski definition) is 1. The van der Waals surface area contributed by atoms with Crippen molar-refractivity contribution in [2.24, 2.45) is 0 Å². The molecule has 2 nitrogen and oxygen atoms in total. The number of aryl methyl sites for hydroxylation is 2. The number of methoxy groups -OCH3 is 1. The summed E-state index contributed by atoms with van der Waals surface area (Å²) in [5.74, 6) is 0.910. The van der Waals surface area contributed by atoms with Gasteiger partial charge in [0, 0.05) is 6.61 Å². The molecule has 0 aromatic heterocycles. The second kappa shape index (κ2) is 5.01. The van der Waals surface area contributed by atoms with Crippen molar-refractivity contribution < 1.29 is 9.84 Å². The maximum Gasteiger partial charge on any atom is 0.119 e. The molecule has 0 aliphatic carbocycles. The molecule has 0 aliphatic rings. The van der Waals surface area contributed by atoms with E-state index in [4.69, 9.17) is 9.84 Å². The Morgan fingerprint density at radius 2 is 1.79 bits per heavy atom. The first kappa shape index (κ1) is 11.1. The number of benzene rings is 1. The highest BCUT2D eigenvalue weighted by Gasteiger charge is 2.04. The first-order valence-electron chi connectivity index (χ1n) is 4.94. The summed E-state index contributed by atoms with van der Waals surface area (Å²) in [6.07, 6.45) is 1.77. The fraction of sp³-hybridized carbons (Fsp3) is 0.500. The van der Waals surface area contributed by atoms with Gasteiger partial charge in [-0.25, -0.2) is 0 Å². The van der Waals surface area contributed by atoms with Crippen LogP contribution in [-0.2, 0) is 6.42 Å². The normalized spacial score (nSPS) is 10.3. The lowest BCUT2D eigenvalue weighted by Crippen LogP contribution is -1.97. The van der Waals surface area contributed by atoms with Gasteiger partial charge in [-0.2, -0.15) is 0 Å². The van der Waals surface area contributed by atoms with Crippen LogP contribution in [0.2, 0.25) is 0 Å². The molecule has 0 fully saturated rings. The third-order valence-corrected chi connectivity index (χ3v) is 2.49. The molecule has 1 rings (SSSR count). The third-order valence-electron chi connectivity index (χ3n) is 2.49. The van der Waals surface area contributed by atoms with Crippen molar-refractivity contribution in [2.45, 2.75) is 26.7 Å². The molecule has 0 unspecified atom stereocenters. The molecule has 14 heavy (non-hydrogen) atoms. The van der Waals surface area contributed by atoms with Gasteiger partial charge < -0.3 is 9.84 Å². The minimum atomic E-state index is 0.255. The van der Waals surface area contributed by atoms with Crippen LogP contribution in [0.25, 0.3) is 0 Å². The van der Waals surface area contributed by atoms with Crippen molar-refractivity contribution in [3.8, 4) is 5.75 Å². The average molecular weight is 194 g/mol. The molecule has 0 saturated carbocycles. The molecule has 0 spiro atoms. The molecule has 0 radical (unpaired) electrons. The third kappa shape index (κ3) is 2.48. The van der Waals surface area contributed by atoms with Crippen molar-refractivity contribution in [3.63, 3.8) is 0 Å². The van der Waals surface area contributed by atoms with Crippen molar-refractivity contribution in [1.29, 1.82) is 0 Å². The van der Waals surface area contributed by atoms with Crippen LogP contribution in [0.4, 0.5) is 0 Å². The number of aliphatic hydroxyl groups excluding tert-OH is 1. The topological polar surface area (TPSA) is 29.5 Å². The molecule has 0 aliphatic heterocycles. The fourth-order valence-electron chi connectivity index (χ4n) is 1.72. The SMILES string of the molecule is COc1cc(C)c(CCCO)c(C)c1. The highest BCUT2D eigenvalue weighted by molar-refractivity contribution is 5.41. The molecule has 0 saturated heterocycles. The molecule has 78 valence electrons. The summed E-state index contributed by atoms with van der Waals surface area (Å²) in [5.41, 5.74) is 3.82. The molecular weight excluding hydrogens is 176 g/mol. The van der Waals surface area contributed by atoms with E-state index in [1.807, 2.05) is 12.1 Å². The van der Waals surface area contributed by atoms with Crippen LogP contribution in [0.5, 0.6) is 5.75 Å². The fourth-order valence-corrected chi connectivity index (χ4v) is 1.72. The summed E-state index contributed by atoms with van der Waals surface area (Å²) in [6.45, 7) is 4.43. The van der Waals surface area contributed by atoms with Gasteiger partial charge in [-0.15, -0.1) is 0 Å². The van der Waals surface area contributed by atoms with Crippen molar-refractivity contribution in [1.82, 2.24) is 0 Å². The highest BCUT2D eigenvalue weighted by atomic mass is 16.5. The van der Waals surface area contributed by atoms with E-state index in [1.54, 1.807) is 7.11 Å². The molecule has 0 amide bonds. The Hall–Kier alpha value is -1.02. The Morgan fingerprint density at radius 1 is 1.21 bits per heavy atom. The van der Waals surface area contributed by atoms with E-state index in [2.05, 4.69) is 13.8 Å². The predicted octanol–water partition coefficient (Wildman–Crippen LogP) is 2.24. The number of rotatable bonds is 4. The zero-order valence-corrected chi connectivity index (χ0v) is 9.13. The van der Waals surface area contributed by atoms with Gasteiger partial charge in [0.1, 0.15) is 5.75 Å². The summed E-state index contributed by atoms with van der Waals surface area (Å²) >= 11 is 0. The van der Waals surface area contributed by atoms with Crippen LogP contribution in [0.15, 0.2) is 12.1 Å². The van der Waals surface area contributed by atoms with E-state index in [9.17, 15) is 0 Å². The zero-order valence-electron chi connectivity index (χ0n) is 9.13. The summed E-state index contributed by atoms with van der Waals surface area (Å²) in [5, 5.41) is 8.79. The van der Waals surface area contributed by atoms with Gasteiger partial charge in [0.15, 0.2) is 0 Å². The minimum absolute atomic E-state index is 0.255. The van der Waals surface area contributed by atoms with Gasteiger partial charge in [-0.3, -0.25) is 0 Å². The molecule has 0 heterocycles. The quantitative estimate of drug-likeness (QED) is 0.796. The monoisotopic (exact) mass is 194 g/mol. The van der Waals surface area contributed by atoms with E-state index >= 15 is 0 Å². The Bertz CT molecular complexity index is 282. The van der Waals surface area contributed by atoms with Gasteiger partial charge in [-0.05, 0) is 55.5 Å². The van der Waals surface area contributed by atoms with E-state index in [-0.39, 0.29) is 6.61 Å². The Balaban J connectivity index is 2.93. The van der Waals surface area contributed by atoms with Crippen LogP contribution >= 0.6 is 0 Å². The standard InChI is InChI=1S/C12H18O2/c1-9-7-11(14-3)8-10(2)12(9)5-4-6-13/h7-8,13H,4-6H2,1-3H3. The Kier molecular flexibility index (Phi) is 3.96. The molecule has 0 atom stereocenters. The van der Waals surface area contributed by atoms with E-state index in [0.717, 1.165) is 18.6 Å². The van der Waals surface area contributed by atoms with Gasteiger partial charge >= 0.3 is 0 Å². The molecule has 1 aromatic carbocycles. The molecular formula is C12H18O2. The maximum atomic E-state index is 8.79. The Labute approximate surface area is 85.5 Å². The summed E-state index contributed by atoms with van der Waals surface area (Å²) in [6, 6.07) is 4.08. The van der Waals surface area contributed by atoms with Gasteiger partial charge in [-0.1, -0.05) is 0 Å². The summed E-state index contributed by atoms with van der Waals surface area (Å²) in [7, 11) is 1.68. The lowest BCUT2D eigenvalue weighted by atomic mass is 9.98. The lowest BCUT2D eigenvalue weighted by Gasteiger charge is -2.11. The lowest BCUT2D eigenvalue weighted by molar-refractivity contribution is 0.288. The molecule has 1 aromatic rings. The first-order chi connectivity index (χ1) is 6.69. The van der Waals surface area contributed by atoms with Crippen LogP contribution in [0.3, 0.4) is 0 Å². The molecule has 2 heteroatoms. The van der Waals surface area contributed by atoms with Gasteiger partial charge in [0.25, 0.3) is 0 Å². The minimum Gasteiger partial charge on any atom is -0.497 e. The predicted molar refractivity (Wildman–Crippen MR) is 57.9 cm³/mol. The van der Waals surface area contributed by atoms with Crippen molar-refractivity contribution in [2.75, 3.05) is 13.7 Å². The molecule has 1 N–H and O–H groups in total. The largest absolute Gasteiger partial charge is 0.497 e. The number of hydrogen-bond acceptors (Lipinski definition) is 2. The van der Waals surface area contributed by atoms with Crippen molar-refractivity contribution >= 4 is 0 Å². The van der Waals surface area contributed by atoms with Crippen LogP contribution < -0.4 is 4.74 Å². The second-order valence-corrected chi connectivity index (χ2v) is 3.57. The maximum absolute atomic E-state index is 8.79. The second-order valence-electron chi connectivity index (χ2n) is 3.57. The Morgan fingerprint density at radius 3 is 2.21 bits per heavy atom. The average Bonchev–Trinajstić information content (AvgIpc) is 2.16. The van der Waals surface area contributed by atoms with E-state index in [1.165, 1.54) is 16.7 Å². The zero-order chi connectivity index (χ0) is 10.6. The van der Waals surface area contributed by atoms with E-state index in [0.29, 0.717) is 0 Å².